The number of rotatable bonds is 13. The summed E-state index contributed by atoms with van der Waals surface area (Å²) >= 11 is 6.19. The quantitative estimate of drug-likeness (QED) is 0.190. The minimum absolute atomic E-state index is 0.284. The first-order valence-corrected chi connectivity index (χ1v) is 15.4. The zero-order valence-corrected chi connectivity index (χ0v) is 25.1. The van der Waals surface area contributed by atoms with E-state index in [1.54, 1.807) is 0 Å². The van der Waals surface area contributed by atoms with Crippen LogP contribution in [0.3, 0.4) is 0 Å². The maximum Gasteiger partial charge on any atom is 0.374 e. The van der Waals surface area contributed by atoms with Gasteiger partial charge in [-0.15, -0.1) is 0 Å². The van der Waals surface area contributed by atoms with Gasteiger partial charge in [0.1, 0.15) is 17.1 Å². The normalized spacial score (nSPS) is 15.6. The fourth-order valence-electron chi connectivity index (χ4n) is 5.43. The maximum absolute atomic E-state index is 12.0. The van der Waals surface area contributed by atoms with Gasteiger partial charge in [-0.1, -0.05) is 48.2 Å². The SMILES string of the molecule is Cc1ccc(OCCCN2CCOCC2)c(-c2nc3nc(C(=O)O)nc(NCCC4CC4)c3n2Cc2ccc(Cl)cc2)c1. The lowest BCUT2D eigenvalue weighted by atomic mass is 10.1. The summed E-state index contributed by atoms with van der Waals surface area (Å²) in [6.45, 7) is 8.13. The van der Waals surface area contributed by atoms with Crippen LogP contribution in [0.15, 0.2) is 42.5 Å². The molecule has 1 saturated heterocycles. The molecule has 226 valence electrons. The molecule has 0 bridgehead atoms. The summed E-state index contributed by atoms with van der Waals surface area (Å²) in [6, 6.07) is 13.7. The molecule has 2 aromatic heterocycles. The van der Waals surface area contributed by atoms with Gasteiger partial charge in [0.2, 0.25) is 5.82 Å². The number of halogens is 1. The number of benzene rings is 2. The summed E-state index contributed by atoms with van der Waals surface area (Å²) in [4.78, 5) is 28.1. The van der Waals surface area contributed by atoms with Gasteiger partial charge in [-0.25, -0.2) is 19.7 Å². The molecular weight excluding hydrogens is 568 g/mol. The highest BCUT2D eigenvalue weighted by Crippen LogP contribution is 2.36. The van der Waals surface area contributed by atoms with Gasteiger partial charge in [-0.05, 0) is 55.5 Å². The zero-order valence-electron chi connectivity index (χ0n) is 24.4. The molecule has 0 radical (unpaired) electrons. The lowest BCUT2D eigenvalue weighted by Gasteiger charge is -2.26. The van der Waals surface area contributed by atoms with E-state index in [2.05, 4.69) is 30.8 Å². The van der Waals surface area contributed by atoms with Crippen molar-refractivity contribution in [2.45, 2.75) is 39.2 Å². The van der Waals surface area contributed by atoms with Crippen molar-refractivity contribution in [1.29, 1.82) is 0 Å². The van der Waals surface area contributed by atoms with Crippen molar-refractivity contribution in [1.82, 2.24) is 24.4 Å². The molecular formula is C32H37ClN6O4. The van der Waals surface area contributed by atoms with Crippen LogP contribution < -0.4 is 10.1 Å². The zero-order chi connectivity index (χ0) is 29.8. The van der Waals surface area contributed by atoms with Crippen molar-refractivity contribution in [3.63, 3.8) is 0 Å². The predicted molar refractivity (Wildman–Crippen MR) is 166 cm³/mol. The van der Waals surface area contributed by atoms with Crippen LogP contribution in [-0.2, 0) is 11.3 Å². The highest BCUT2D eigenvalue weighted by molar-refractivity contribution is 6.30. The number of nitrogens with zero attached hydrogens (tertiary/aromatic N) is 5. The maximum atomic E-state index is 12.0. The lowest BCUT2D eigenvalue weighted by Crippen LogP contribution is -2.37. The molecule has 2 aromatic carbocycles. The average molecular weight is 605 g/mol. The van der Waals surface area contributed by atoms with Crippen molar-refractivity contribution in [3.8, 4) is 17.1 Å². The van der Waals surface area contributed by atoms with Crippen molar-refractivity contribution in [3.05, 3.63) is 64.4 Å². The average Bonchev–Trinajstić information content (AvgIpc) is 3.77. The molecule has 0 unspecified atom stereocenters. The standard InChI is InChI=1S/C32H37ClN6O4/c1-21-3-10-26(43-16-2-13-38-14-17-42-18-15-38)25(19-21)31-37-29-27(39(31)20-23-6-8-24(33)9-7-23)28(34-12-11-22-4-5-22)35-30(36-29)32(40)41/h3,6-10,19,22H,2,4-5,11-18,20H2,1H3,(H,40,41)(H,34,35,36). The third-order valence-corrected chi connectivity index (χ3v) is 8.20. The summed E-state index contributed by atoms with van der Waals surface area (Å²) in [5.41, 5.74) is 3.87. The van der Waals surface area contributed by atoms with E-state index >= 15 is 0 Å². The fourth-order valence-corrected chi connectivity index (χ4v) is 5.55. The number of fused-ring (bicyclic) bond motifs is 1. The largest absolute Gasteiger partial charge is 0.493 e. The van der Waals surface area contributed by atoms with Gasteiger partial charge >= 0.3 is 5.97 Å². The van der Waals surface area contributed by atoms with E-state index in [-0.39, 0.29) is 5.82 Å². The van der Waals surface area contributed by atoms with Crippen molar-refractivity contribution in [2.75, 3.05) is 51.3 Å². The van der Waals surface area contributed by atoms with E-state index in [0.717, 1.165) is 68.1 Å². The number of nitrogens with one attached hydrogen (secondary N) is 1. The van der Waals surface area contributed by atoms with E-state index in [4.69, 9.17) is 26.1 Å². The molecule has 0 amide bonds. The van der Waals surface area contributed by atoms with Crippen LogP contribution in [-0.4, -0.2) is 81.5 Å². The van der Waals surface area contributed by atoms with Crippen LogP contribution in [0.5, 0.6) is 5.75 Å². The first-order chi connectivity index (χ1) is 20.9. The number of aromatic nitrogens is 4. The molecule has 11 heteroatoms. The summed E-state index contributed by atoms with van der Waals surface area (Å²) in [7, 11) is 0. The monoisotopic (exact) mass is 604 g/mol. The molecule has 10 nitrogen and oxygen atoms in total. The highest BCUT2D eigenvalue weighted by atomic mass is 35.5. The summed E-state index contributed by atoms with van der Waals surface area (Å²) in [5, 5.41) is 13.9. The number of carboxylic acid groups (broad SMARTS) is 1. The Hall–Kier alpha value is -3.73. The van der Waals surface area contributed by atoms with Crippen LogP contribution in [0.4, 0.5) is 5.82 Å². The minimum atomic E-state index is -1.19. The topological polar surface area (TPSA) is 115 Å². The molecule has 1 aliphatic carbocycles. The van der Waals surface area contributed by atoms with Gasteiger partial charge in [0.25, 0.3) is 0 Å². The van der Waals surface area contributed by atoms with E-state index in [1.165, 1.54) is 12.8 Å². The molecule has 1 saturated carbocycles. The van der Waals surface area contributed by atoms with E-state index < -0.39 is 5.97 Å². The molecule has 6 rings (SSSR count). The molecule has 2 aliphatic rings. The number of anilines is 1. The minimum Gasteiger partial charge on any atom is -0.493 e. The van der Waals surface area contributed by atoms with E-state index in [9.17, 15) is 9.90 Å². The summed E-state index contributed by atoms with van der Waals surface area (Å²) < 4.78 is 13.9. The smallest absolute Gasteiger partial charge is 0.374 e. The molecule has 0 atom stereocenters. The van der Waals surface area contributed by atoms with Gasteiger partial charge < -0.3 is 24.5 Å². The van der Waals surface area contributed by atoms with Crippen LogP contribution in [0.1, 0.15) is 47.4 Å². The van der Waals surface area contributed by atoms with Crippen molar-refractivity contribution >= 4 is 34.6 Å². The molecule has 2 fully saturated rings. The van der Waals surface area contributed by atoms with E-state index in [1.807, 2.05) is 43.3 Å². The second-order valence-corrected chi connectivity index (χ2v) is 11.8. The van der Waals surface area contributed by atoms with Crippen molar-refractivity contribution < 1.29 is 19.4 Å². The van der Waals surface area contributed by atoms with Gasteiger partial charge in [0, 0.05) is 37.7 Å². The predicted octanol–water partition coefficient (Wildman–Crippen LogP) is 5.51. The number of morpholine rings is 1. The number of hydrogen-bond acceptors (Lipinski definition) is 8. The van der Waals surface area contributed by atoms with Crippen LogP contribution in [0.25, 0.3) is 22.6 Å². The number of ether oxygens (including phenoxy) is 2. The molecule has 3 heterocycles. The van der Waals surface area contributed by atoms with Gasteiger partial charge in [0.15, 0.2) is 11.5 Å². The first kappa shape index (κ1) is 29.3. The van der Waals surface area contributed by atoms with E-state index in [0.29, 0.717) is 53.4 Å². The highest BCUT2D eigenvalue weighted by Gasteiger charge is 2.25. The van der Waals surface area contributed by atoms with Crippen LogP contribution >= 0.6 is 11.6 Å². The number of imidazole rings is 1. The summed E-state index contributed by atoms with van der Waals surface area (Å²) in [6.07, 6.45) is 4.37. The number of carbonyl (C=O) groups is 1. The van der Waals surface area contributed by atoms with Crippen LogP contribution in [0, 0.1) is 12.8 Å². The Morgan fingerprint density at radius 3 is 2.65 bits per heavy atom. The van der Waals surface area contributed by atoms with Gasteiger partial charge in [0.05, 0.1) is 25.4 Å². The molecule has 2 N–H and O–H groups in total. The fraction of sp³-hybridized carbons (Fsp3) is 0.438. The molecule has 1 aliphatic heterocycles. The number of aromatic carboxylic acids is 1. The Labute approximate surface area is 256 Å². The molecule has 43 heavy (non-hydrogen) atoms. The first-order valence-electron chi connectivity index (χ1n) is 15.0. The molecule has 0 spiro atoms. The van der Waals surface area contributed by atoms with Gasteiger partial charge in [-0.3, -0.25) is 4.90 Å². The number of aryl methyl sites for hydroxylation is 1. The second kappa shape index (κ2) is 13.3. The Bertz CT molecular complexity index is 1580. The number of carboxylic acids is 1. The lowest BCUT2D eigenvalue weighted by molar-refractivity contribution is 0.0358. The molecule has 4 aromatic rings. The third kappa shape index (κ3) is 7.26. The Kier molecular flexibility index (Phi) is 9.06. The summed E-state index contributed by atoms with van der Waals surface area (Å²) in [5.74, 6) is 1.06. The third-order valence-electron chi connectivity index (χ3n) is 7.95. The Balaban J connectivity index is 1.39. The second-order valence-electron chi connectivity index (χ2n) is 11.3. The van der Waals surface area contributed by atoms with Gasteiger partial charge in [-0.2, -0.15) is 0 Å². The van der Waals surface area contributed by atoms with Crippen LogP contribution in [0.2, 0.25) is 5.02 Å². The van der Waals surface area contributed by atoms with Crippen molar-refractivity contribution in [2.24, 2.45) is 5.92 Å². The Morgan fingerprint density at radius 1 is 1.12 bits per heavy atom. The Morgan fingerprint density at radius 2 is 1.91 bits per heavy atom. The number of hydrogen-bond donors (Lipinski definition) is 2.